The van der Waals surface area contributed by atoms with Crippen molar-refractivity contribution >= 4 is 27.6 Å². The average Bonchev–Trinajstić information content (AvgIpc) is 2.76. The van der Waals surface area contributed by atoms with Gasteiger partial charge in [-0.25, -0.2) is 18.1 Å². The highest BCUT2D eigenvalue weighted by atomic mass is 32.2. The summed E-state index contributed by atoms with van der Waals surface area (Å²) >= 11 is 0. The first kappa shape index (κ1) is 16.9. The number of carbonyl (C=O) groups is 2. The number of imide groups is 1. The van der Waals surface area contributed by atoms with Crippen LogP contribution in [0.15, 0.2) is 29.2 Å². The first-order chi connectivity index (χ1) is 11.2. The van der Waals surface area contributed by atoms with E-state index in [0.29, 0.717) is 18.8 Å². The third-order valence-corrected chi connectivity index (χ3v) is 6.32. The number of urea groups is 1. The minimum atomic E-state index is -3.52. The molecule has 0 radical (unpaired) electrons. The number of anilines is 1. The molecule has 130 valence electrons. The number of piperidine rings is 1. The minimum Gasteiger partial charge on any atom is -0.323 e. The number of hydrogen-bond acceptors (Lipinski definition) is 4. The van der Waals surface area contributed by atoms with Crippen molar-refractivity contribution in [2.75, 3.05) is 18.0 Å². The van der Waals surface area contributed by atoms with Crippen LogP contribution in [-0.4, -0.2) is 43.3 Å². The number of amides is 3. The molecule has 7 nitrogen and oxygen atoms in total. The van der Waals surface area contributed by atoms with Crippen LogP contribution in [-0.2, 0) is 14.8 Å². The van der Waals surface area contributed by atoms with Crippen LogP contribution in [0.4, 0.5) is 10.5 Å². The zero-order valence-corrected chi connectivity index (χ0v) is 14.6. The zero-order chi connectivity index (χ0) is 17.5. The van der Waals surface area contributed by atoms with E-state index in [9.17, 15) is 18.0 Å². The molecule has 0 aromatic heterocycles. The van der Waals surface area contributed by atoms with Crippen LogP contribution in [0.3, 0.4) is 0 Å². The summed E-state index contributed by atoms with van der Waals surface area (Å²) in [7, 11) is -3.52. The molecule has 8 heteroatoms. The van der Waals surface area contributed by atoms with Gasteiger partial charge in [-0.05, 0) is 51.0 Å². The smallest absolute Gasteiger partial charge is 0.323 e. The predicted molar refractivity (Wildman–Crippen MR) is 89.1 cm³/mol. The van der Waals surface area contributed by atoms with Gasteiger partial charge in [0.15, 0.2) is 0 Å². The molecule has 2 fully saturated rings. The van der Waals surface area contributed by atoms with E-state index in [2.05, 4.69) is 5.32 Å². The lowest BCUT2D eigenvalue weighted by Crippen LogP contribution is -2.40. The second-order valence-corrected chi connectivity index (χ2v) is 8.59. The van der Waals surface area contributed by atoms with Crippen molar-refractivity contribution < 1.29 is 18.0 Å². The third-order valence-electron chi connectivity index (χ3n) is 4.41. The first-order valence-corrected chi connectivity index (χ1v) is 9.44. The molecule has 3 rings (SSSR count). The molecule has 0 saturated carbocycles. The van der Waals surface area contributed by atoms with Gasteiger partial charge in [0.25, 0.3) is 5.91 Å². The van der Waals surface area contributed by atoms with Crippen LogP contribution in [0, 0.1) is 0 Å². The Hall–Kier alpha value is -1.93. The third kappa shape index (κ3) is 2.80. The van der Waals surface area contributed by atoms with Gasteiger partial charge in [0.05, 0.1) is 10.6 Å². The largest absolute Gasteiger partial charge is 0.329 e. The lowest BCUT2D eigenvalue weighted by Gasteiger charge is -2.26. The summed E-state index contributed by atoms with van der Waals surface area (Å²) < 4.78 is 26.7. The number of carbonyl (C=O) groups excluding carboxylic acids is 2. The number of nitrogens with zero attached hydrogens (tertiary/aromatic N) is 2. The molecule has 0 spiro atoms. The molecule has 0 aliphatic carbocycles. The van der Waals surface area contributed by atoms with Crippen molar-refractivity contribution in [2.24, 2.45) is 0 Å². The Kier molecular flexibility index (Phi) is 4.13. The van der Waals surface area contributed by atoms with E-state index < -0.39 is 21.6 Å². The van der Waals surface area contributed by atoms with Crippen molar-refractivity contribution in [1.29, 1.82) is 0 Å². The van der Waals surface area contributed by atoms with Crippen LogP contribution in [0.1, 0.15) is 33.1 Å². The molecule has 24 heavy (non-hydrogen) atoms. The van der Waals surface area contributed by atoms with E-state index in [1.54, 1.807) is 13.8 Å². The van der Waals surface area contributed by atoms with E-state index in [-0.39, 0.29) is 10.8 Å². The normalized spacial score (nSPS) is 21.8. The Morgan fingerprint density at radius 1 is 1.00 bits per heavy atom. The van der Waals surface area contributed by atoms with Crippen molar-refractivity contribution in [1.82, 2.24) is 9.62 Å². The second kappa shape index (κ2) is 5.86. The van der Waals surface area contributed by atoms with E-state index in [0.717, 1.165) is 24.2 Å². The highest BCUT2D eigenvalue weighted by Gasteiger charge is 2.45. The number of benzene rings is 1. The molecule has 0 bridgehead atoms. The lowest BCUT2D eigenvalue weighted by molar-refractivity contribution is -0.121. The topological polar surface area (TPSA) is 86.8 Å². The van der Waals surface area contributed by atoms with Crippen LogP contribution in [0.25, 0.3) is 0 Å². The van der Waals surface area contributed by atoms with Crippen LogP contribution in [0.5, 0.6) is 0 Å². The van der Waals surface area contributed by atoms with Crippen molar-refractivity contribution in [3.05, 3.63) is 24.3 Å². The van der Waals surface area contributed by atoms with Gasteiger partial charge in [-0.1, -0.05) is 6.42 Å². The SMILES string of the molecule is CC1(C)NC(=O)N(c2ccc(S(=O)(=O)N3CCCCC3)cc2)C1=O. The highest BCUT2D eigenvalue weighted by molar-refractivity contribution is 7.89. The summed E-state index contributed by atoms with van der Waals surface area (Å²) in [5.74, 6) is -0.362. The fourth-order valence-electron chi connectivity index (χ4n) is 3.00. The molecule has 0 atom stereocenters. The van der Waals surface area contributed by atoms with Gasteiger partial charge >= 0.3 is 6.03 Å². The number of rotatable bonds is 3. The van der Waals surface area contributed by atoms with Crippen molar-refractivity contribution in [2.45, 2.75) is 43.5 Å². The Balaban J connectivity index is 1.86. The van der Waals surface area contributed by atoms with E-state index >= 15 is 0 Å². The Morgan fingerprint density at radius 3 is 2.08 bits per heavy atom. The van der Waals surface area contributed by atoms with Crippen molar-refractivity contribution in [3.63, 3.8) is 0 Å². The molecule has 2 aliphatic heterocycles. The Morgan fingerprint density at radius 2 is 1.58 bits per heavy atom. The van der Waals surface area contributed by atoms with Crippen molar-refractivity contribution in [3.8, 4) is 0 Å². The van der Waals surface area contributed by atoms with Gasteiger partial charge in [-0.2, -0.15) is 4.31 Å². The maximum atomic E-state index is 12.6. The highest BCUT2D eigenvalue weighted by Crippen LogP contribution is 2.27. The van der Waals surface area contributed by atoms with E-state index in [1.165, 1.54) is 28.6 Å². The fraction of sp³-hybridized carbons (Fsp3) is 0.500. The molecule has 2 aliphatic rings. The number of sulfonamides is 1. The number of nitrogens with one attached hydrogen (secondary N) is 1. The predicted octanol–water partition coefficient (Wildman–Crippen LogP) is 1.70. The summed E-state index contributed by atoms with van der Waals surface area (Å²) in [5, 5.41) is 2.60. The van der Waals surface area contributed by atoms with Crippen LogP contribution in [0.2, 0.25) is 0 Å². The van der Waals surface area contributed by atoms with E-state index in [4.69, 9.17) is 0 Å². The summed E-state index contributed by atoms with van der Waals surface area (Å²) in [6.45, 7) is 4.32. The summed E-state index contributed by atoms with van der Waals surface area (Å²) in [5.41, 5.74) is -0.601. The summed E-state index contributed by atoms with van der Waals surface area (Å²) in [6.07, 6.45) is 2.79. The Labute approximate surface area is 141 Å². The standard InChI is InChI=1S/C16H21N3O4S/c1-16(2)14(20)19(15(21)17-16)12-6-8-13(9-7-12)24(22,23)18-10-4-3-5-11-18/h6-9H,3-5,10-11H2,1-2H3,(H,17,21). The van der Waals surface area contributed by atoms with Gasteiger partial charge in [0.2, 0.25) is 10.0 Å². The van der Waals surface area contributed by atoms with Gasteiger partial charge in [0, 0.05) is 13.1 Å². The molecule has 1 aromatic rings. The lowest BCUT2D eigenvalue weighted by atomic mass is 10.1. The monoisotopic (exact) mass is 351 g/mol. The molecule has 2 saturated heterocycles. The summed E-state index contributed by atoms with van der Waals surface area (Å²) in [4.78, 5) is 25.5. The molecular weight excluding hydrogens is 330 g/mol. The zero-order valence-electron chi connectivity index (χ0n) is 13.8. The molecular formula is C16H21N3O4S. The maximum absolute atomic E-state index is 12.6. The second-order valence-electron chi connectivity index (χ2n) is 6.65. The number of hydrogen-bond donors (Lipinski definition) is 1. The maximum Gasteiger partial charge on any atom is 0.329 e. The molecule has 3 amide bonds. The van der Waals surface area contributed by atoms with Gasteiger partial charge in [-0.15, -0.1) is 0 Å². The first-order valence-electron chi connectivity index (χ1n) is 8.00. The molecule has 1 N–H and O–H groups in total. The van der Waals surface area contributed by atoms with Crippen LogP contribution < -0.4 is 10.2 Å². The molecule has 0 unspecified atom stereocenters. The van der Waals surface area contributed by atoms with Crippen LogP contribution >= 0.6 is 0 Å². The van der Waals surface area contributed by atoms with Gasteiger partial charge in [0.1, 0.15) is 5.54 Å². The molecule has 2 heterocycles. The fourth-order valence-corrected chi connectivity index (χ4v) is 4.52. The minimum absolute atomic E-state index is 0.180. The van der Waals surface area contributed by atoms with E-state index in [1.807, 2.05) is 0 Å². The summed E-state index contributed by atoms with van der Waals surface area (Å²) in [6, 6.07) is 5.39. The Bertz CT molecular complexity index is 765. The quantitative estimate of drug-likeness (QED) is 0.840. The van der Waals surface area contributed by atoms with Gasteiger partial charge < -0.3 is 5.32 Å². The molecule has 1 aromatic carbocycles. The van der Waals surface area contributed by atoms with Gasteiger partial charge in [-0.3, -0.25) is 4.79 Å². The average molecular weight is 351 g/mol.